The van der Waals surface area contributed by atoms with E-state index >= 15 is 0 Å². The number of hydrogen-bond acceptors (Lipinski definition) is 4. The predicted octanol–water partition coefficient (Wildman–Crippen LogP) is 4.04. The minimum absolute atomic E-state index is 0.191. The zero-order chi connectivity index (χ0) is 17.5. The first-order valence-electron chi connectivity index (χ1n) is 6.97. The molecule has 2 aromatic rings. The maximum Gasteiger partial charge on any atom is 0.343 e. The molecule has 0 aliphatic rings. The SMILES string of the molecule is COC(=O)COc1ccc(C(=O)/C=C/c2ccc(F)c(Br)c2)cc1. The largest absolute Gasteiger partial charge is 0.482 e. The first kappa shape index (κ1) is 17.9. The van der Waals surface area contributed by atoms with Crippen LogP contribution in [0.5, 0.6) is 5.75 Å². The number of methoxy groups -OCH3 is 1. The number of hydrogen-bond donors (Lipinski definition) is 0. The monoisotopic (exact) mass is 392 g/mol. The second-order valence-corrected chi connectivity index (χ2v) is 5.61. The van der Waals surface area contributed by atoms with Crippen molar-refractivity contribution in [1.82, 2.24) is 0 Å². The van der Waals surface area contributed by atoms with E-state index in [2.05, 4.69) is 20.7 Å². The van der Waals surface area contributed by atoms with E-state index in [0.717, 1.165) is 0 Å². The third-order valence-electron chi connectivity index (χ3n) is 3.09. The van der Waals surface area contributed by atoms with Crippen LogP contribution in [0.15, 0.2) is 53.0 Å². The number of benzene rings is 2. The van der Waals surface area contributed by atoms with E-state index in [1.165, 1.54) is 19.3 Å². The van der Waals surface area contributed by atoms with Gasteiger partial charge in [-0.2, -0.15) is 0 Å². The summed E-state index contributed by atoms with van der Waals surface area (Å²) in [5, 5.41) is 0. The molecule has 124 valence electrons. The van der Waals surface area contributed by atoms with Crippen LogP contribution in [0.2, 0.25) is 0 Å². The normalized spacial score (nSPS) is 10.6. The van der Waals surface area contributed by atoms with Gasteiger partial charge in [0, 0.05) is 5.56 Å². The lowest BCUT2D eigenvalue weighted by atomic mass is 10.1. The van der Waals surface area contributed by atoms with E-state index in [0.29, 0.717) is 21.3 Å². The summed E-state index contributed by atoms with van der Waals surface area (Å²) in [6.45, 7) is -0.191. The molecule has 2 aromatic carbocycles. The summed E-state index contributed by atoms with van der Waals surface area (Å²) in [7, 11) is 1.28. The molecule has 0 N–H and O–H groups in total. The molecule has 0 spiro atoms. The molecule has 0 amide bonds. The van der Waals surface area contributed by atoms with Gasteiger partial charge < -0.3 is 9.47 Å². The highest BCUT2D eigenvalue weighted by Crippen LogP contribution is 2.18. The smallest absolute Gasteiger partial charge is 0.343 e. The highest BCUT2D eigenvalue weighted by molar-refractivity contribution is 9.10. The van der Waals surface area contributed by atoms with Gasteiger partial charge in [-0.05, 0) is 64.0 Å². The number of rotatable bonds is 6. The Bertz CT molecular complexity index is 769. The summed E-state index contributed by atoms with van der Waals surface area (Å²) in [5.74, 6) is -0.581. The molecule has 0 saturated heterocycles. The molecule has 0 bridgehead atoms. The van der Waals surface area contributed by atoms with Crippen molar-refractivity contribution in [1.29, 1.82) is 0 Å². The number of halogens is 2. The van der Waals surface area contributed by atoms with Crippen LogP contribution in [0.3, 0.4) is 0 Å². The van der Waals surface area contributed by atoms with Crippen LogP contribution in [-0.2, 0) is 9.53 Å². The number of carbonyl (C=O) groups is 2. The molecule has 0 unspecified atom stereocenters. The summed E-state index contributed by atoms with van der Waals surface area (Å²) in [6, 6.07) is 10.9. The number of ketones is 1. The highest BCUT2D eigenvalue weighted by Gasteiger charge is 2.05. The van der Waals surface area contributed by atoms with E-state index in [1.54, 1.807) is 42.5 Å². The lowest BCUT2D eigenvalue weighted by Gasteiger charge is -2.05. The van der Waals surface area contributed by atoms with Gasteiger partial charge >= 0.3 is 5.97 Å². The molecule has 6 heteroatoms. The topological polar surface area (TPSA) is 52.6 Å². The van der Waals surface area contributed by atoms with Gasteiger partial charge in [0.15, 0.2) is 12.4 Å². The van der Waals surface area contributed by atoms with Crippen LogP contribution in [0.1, 0.15) is 15.9 Å². The van der Waals surface area contributed by atoms with E-state index in [4.69, 9.17) is 4.74 Å². The Morgan fingerprint density at radius 1 is 1.17 bits per heavy atom. The van der Waals surface area contributed by atoms with Crippen LogP contribution in [-0.4, -0.2) is 25.5 Å². The van der Waals surface area contributed by atoms with Gasteiger partial charge in [0.05, 0.1) is 11.6 Å². The molecule has 0 heterocycles. The summed E-state index contributed by atoms with van der Waals surface area (Å²) >= 11 is 3.10. The Morgan fingerprint density at radius 3 is 2.50 bits per heavy atom. The second kappa shape index (κ2) is 8.40. The minimum Gasteiger partial charge on any atom is -0.482 e. The summed E-state index contributed by atoms with van der Waals surface area (Å²) in [6.07, 6.45) is 3.01. The molecular formula is C18H14BrFO4. The number of allylic oxidation sites excluding steroid dienone is 1. The molecule has 0 aliphatic carbocycles. The fraction of sp³-hybridized carbons (Fsp3) is 0.111. The third kappa shape index (κ3) is 5.03. The Morgan fingerprint density at radius 2 is 1.88 bits per heavy atom. The van der Waals surface area contributed by atoms with Crippen LogP contribution in [0.4, 0.5) is 4.39 Å². The van der Waals surface area contributed by atoms with Crippen LogP contribution < -0.4 is 4.74 Å². The standard InChI is InChI=1S/C18H14BrFO4/c1-23-18(22)11-24-14-6-4-13(5-7-14)17(21)9-3-12-2-8-16(20)15(19)10-12/h2-10H,11H2,1H3/b9-3+. The van der Waals surface area contributed by atoms with Crippen molar-refractivity contribution in [2.45, 2.75) is 0 Å². The van der Waals surface area contributed by atoms with Crippen LogP contribution >= 0.6 is 15.9 Å². The average Bonchev–Trinajstić information content (AvgIpc) is 2.60. The van der Waals surface area contributed by atoms with Gasteiger partial charge in [0.25, 0.3) is 0 Å². The van der Waals surface area contributed by atoms with Gasteiger partial charge in [-0.3, -0.25) is 4.79 Å². The number of esters is 1. The molecular weight excluding hydrogens is 379 g/mol. The minimum atomic E-state index is -0.483. The van der Waals surface area contributed by atoms with E-state index < -0.39 is 5.97 Å². The van der Waals surface area contributed by atoms with E-state index in [-0.39, 0.29) is 18.2 Å². The van der Waals surface area contributed by atoms with Crippen molar-refractivity contribution in [2.75, 3.05) is 13.7 Å². The van der Waals surface area contributed by atoms with Crippen molar-refractivity contribution in [3.8, 4) is 5.75 Å². The summed E-state index contributed by atoms with van der Waals surface area (Å²) in [4.78, 5) is 23.1. The molecule has 24 heavy (non-hydrogen) atoms. The Kier molecular flexibility index (Phi) is 6.26. The number of carbonyl (C=O) groups excluding carboxylic acids is 2. The average molecular weight is 393 g/mol. The molecule has 0 fully saturated rings. The Labute approximate surface area is 147 Å². The lowest BCUT2D eigenvalue weighted by Crippen LogP contribution is -2.12. The van der Waals surface area contributed by atoms with Gasteiger partial charge in [-0.25, -0.2) is 9.18 Å². The van der Waals surface area contributed by atoms with Gasteiger partial charge in [-0.15, -0.1) is 0 Å². The molecule has 2 rings (SSSR count). The Balaban J connectivity index is 2.00. The lowest BCUT2D eigenvalue weighted by molar-refractivity contribution is -0.142. The predicted molar refractivity (Wildman–Crippen MR) is 91.4 cm³/mol. The molecule has 0 saturated carbocycles. The van der Waals surface area contributed by atoms with E-state index in [1.807, 2.05) is 0 Å². The third-order valence-corrected chi connectivity index (χ3v) is 3.70. The molecule has 0 radical (unpaired) electrons. The summed E-state index contributed by atoms with van der Waals surface area (Å²) in [5.41, 5.74) is 1.17. The van der Waals surface area contributed by atoms with Crippen molar-refractivity contribution < 1.29 is 23.5 Å². The van der Waals surface area contributed by atoms with Crippen LogP contribution in [0.25, 0.3) is 6.08 Å². The molecule has 4 nitrogen and oxygen atoms in total. The van der Waals surface area contributed by atoms with Crippen molar-refractivity contribution in [2.24, 2.45) is 0 Å². The molecule has 0 aliphatic heterocycles. The zero-order valence-electron chi connectivity index (χ0n) is 12.8. The van der Waals surface area contributed by atoms with Crippen LogP contribution in [0, 0.1) is 5.82 Å². The van der Waals surface area contributed by atoms with Crippen molar-refractivity contribution in [3.63, 3.8) is 0 Å². The first-order valence-corrected chi connectivity index (χ1v) is 7.76. The van der Waals surface area contributed by atoms with Crippen molar-refractivity contribution in [3.05, 3.63) is 70.0 Å². The quantitative estimate of drug-likeness (QED) is 0.423. The number of ether oxygens (including phenoxy) is 2. The van der Waals surface area contributed by atoms with Gasteiger partial charge in [-0.1, -0.05) is 12.1 Å². The zero-order valence-corrected chi connectivity index (χ0v) is 14.4. The fourth-order valence-corrected chi connectivity index (χ4v) is 2.20. The molecule has 0 aromatic heterocycles. The second-order valence-electron chi connectivity index (χ2n) is 4.76. The van der Waals surface area contributed by atoms with E-state index in [9.17, 15) is 14.0 Å². The fourth-order valence-electron chi connectivity index (χ4n) is 1.80. The van der Waals surface area contributed by atoms with Gasteiger partial charge in [0.2, 0.25) is 0 Å². The Hall–Kier alpha value is -2.47. The maximum atomic E-state index is 13.2. The van der Waals surface area contributed by atoms with Crippen molar-refractivity contribution >= 4 is 33.8 Å². The maximum absolute atomic E-state index is 13.2. The highest BCUT2D eigenvalue weighted by atomic mass is 79.9. The summed E-state index contributed by atoms with van der Waals surface area (Å²) < 4.78 is 23.2. The van der Waals surface area contributed by atoms with Gasteiger partial charge in [0.1, 0.15) is 11.6 Å². The first-order chi connectivity index (χ1) is 11.5. The molecule has 0 atom stereocenters.